The highest BCUT2D eigenvalue weighted by atomic mass is 79.9. The number of aromatic nitrogens is 1. The van der Waals surface area contributed by atoms with Gasteiger partial charge >= 0.3 is 0 Å². The van der Waals surface area contributed by atoms with Crippen LogP contribution in [-0.4, -0.2) is 10.9 Å². The monoisotopic (exact) mass is 359 g/mol. The molecule has 0 saturated heterocycles. The molecule has 0 aliphatic carbocycles. The van der Waals surface area contributed by atoms with E-state index in [2.05, 4.69) is 26.2 Å². The predicted octanol–water partition coefficient (Wildman–Crippen LogP) is 3.99. The molecule has 98 valence electrons. The summed E-state index contributed by atoms with van der Waals surface area (Å²) >= 11 is 15.0. The van der Waals surface area contributed by atoms with Crippen LogP contribution in [-0.2, 0) is 0 Å². The van der Waals surface area contributed by atoms with E-state index in [-0.39, 0.29) is 21.6 Å². The van der Waals surface area contributed by atoms with Crippen molar-refractivity contribution in [2.75, 3.05) is 11.1 Å². The van der Waals surface area contributed by atoms with Crippen LogP contribution in [0.1, 0.15) is 10.4 Å². The summed E-state index contributed by atoms with van der Waals surface area (Å²) in [4.78, 5) is 16.1. The third kappa shape index (κ3) is 3.18. The molecule has 3 N–H and O–H groups in total. The van der Waals surface area contributed by atoms with Crippen molar-refractivity contribution in [2.24, 2.45) is 0 Å². The first kappa shape index (κ1) is 14.1. The summed E-state index contributed by atoms with van der Waals surface area (Å²) in [6.07, 6.45) is 1.61. The molecule has 2 rings (SSSR count). The van der Waals surface area contributed by atoms with Gasteiger partial charge in [0.25, 0.3) is 5.91 Å². The molecule has 1 aromatic heterocycles. The molecule has 2 aromatic rings. The molecule has 0 radical (unpaired) electrons. The number of nitrogens with two attached hydrogens (primary N) is 1. The Kier molecular flexibility index (Phi) is 4.29. The van der Waals surface area contributed by atoms with Gasteiger partial charge in [-0.05, 0) is 40.2 Å². The van der Waals surface area contributed by atoms with Crippen LogP contribution in [0.15, 0.2) is 35.1 Å². The first-order valence-electron chi connectivity index (χ1n) is 5.15. The maximum absolute atomic E-state index is 12.1. The number of rotatable bonds is 2. The van der Waals surface area contributed by atoms with Crippen molar-refractivity contribution in [3.63, 3.8) is 0 Å². The second-order valence-corrected chi connectivity index (χ2v) is 5.19. The van der Waals surface area contributed by atoms with E-state index in [1.54, 1.807) is 18.3 Å². The molecule has 1 aromatic carbocycles. The Labute approximate surface area is 128 Å². The molecule has 0 fully saturated rings. The van der Waals surface area contributed by atoms with Gasteiger partial charge in [0.1, 0.15) is 4.60 Å². The van der Waals surface area contributed by atoms with Crippen molar-refractivity contribution in [2.45, 2.75) is 0 Å². The molecule has 0 unspecified atom stereocenters. The van der Waals surface area contributed by atoms with Gasteiger partial charge in [0.05, 0.1) is 21.4 Å². The molecule has 0 atom stereocenters. The van der Waals surface area contributed by atoms with Gasteiger partial charge in [0.15, 0.2) is 0 Å². The molecule has 1 heterocycles. The minimum Gasteiger partial charge on any atom is -0.397 e. The minimum atomic E-state index is -0.348. The molecule has 4 nitrogen and oxygen atoms in total. The van der Waals surface area contributed by atoms with Crippen LogP contribution in [0.25, 0.3) is 0 Å². The van der Waals surface area contributed by atoms with E-state index in [1.807, 2.05) is 0 Å². The van der Waals surface area contributed by atoms with Crippen LogP contribution in [0.2, 0.25) is 10.0 Å². The van der Waals surface area contributed by atoms with Gasteiger partial charge in [-0.25, -0.2) is 4.98 Å². The number of nitrogens with zero attached hydrogens (tertiary/aromatic N) is 1. The second kappa shape index (κ2) is 5.77. The number of pyridine rings is 1. The molecule has 0 aliphatic heterocycles. The maximum atomic E-state index is 12.1. The topological polar surface area (TPSA) is 68.0 Å². The number of hydrogen-bond donors (Lipinski definition) is 2. The maximum Gasteiger partial charge on any atom is 0.255 e. The van der Waals surface area contributed by atoms with E-state index in [0.29, 0.717) is 15.9 Å². The van der Waals surface area contributed by atoms with Gasteiger partial charge in [0, 0.05) is 11.8 Å². The highest BCUT2D eigenvalue weighted by Gasteiger charge is 2.12. The lowest BCUT2D eigenvalue weighted by Gasteiger charge is -2.08. The molecule has 0 saturated carbocycles. The van der Waals surface area contributed by atoms with Crippen molar-refractivity contribution >= 4 is 56.4 Å². The van der Waals surface area contributed by atoms with Gasteiger partial charge < -0.3 is 11.1 Å². The van der Waals surface area contributed by atoms with Gasteiger partial charge in [0.2, 0.25) is 0 Å². The lowest BCUT2D eigenvalue weighted by Crippen LogP contribution is -2.13. The van der Waals surface area contributed by atoms with Gasteiger partial charge in [-0.2, -0.15) is 0 Å². The minimum absolute atomic E-state index is 0.233. The first-order valence-corrected chi connectivity index (χ1v) is 6.70. The van der Waals surface area contributed by atoms with Crippen molar-refractivity contribution in [1.29, 1.82) is 0 Å². The lowest BCUT2D eigenvalue weighted by molar-refractivity contribution is 0.102. The van der Waals surface area contributed by atoms with Crippen molar-refractivity contribution in [1.82, 2.24) is 4.98 Å². The van der Waals surface area contributed by atoms with Crippen molar-refractivity contribution in [3.8, 4) is 0 Å². The summed E-state index contributed by atoms with van der Waals surface area (Å²) < 4.78 is 0.538. The molecule has 7 heteroatoms. The first-order chi connectivity index (χ1) is 8.99. The lowest BCUT2D eigenvalue weighted by atomic mass is 10.2. The van der Waals surface area contributed by atoms with Crippen LogP contribution >= 0.6 is 39.1 Å². The highest BCUT2D eigenvalue weighted by molar-refractivity contribution is 9.10. The van der Waals surface area contributed by atoms with Crippen LogP contribution < -0.4 is 11.1 Å². The number of halogens is 3. The Morgan fingerprint density at radius 3 is 2.74 bits per heavy atom. The highest BCUT2D eigenvalue weighted by Crippen LogP contribution is 2.30. The quantitative estimate of drug-likeness (QED) is 0.628. The van der Waals surface area contributed by atoms with Gasteiger partial charge in [-0.15, -0.1) is 0 Å². The Morgan fingerprint density at radius 1 is 1.37 bits per heavy atom. The number of nitrogens with one attached hydrogen (secondary N) is 1. The zero-order valence-electron chi connectivity index (χ0n) is 9.45. The van der Waals surface area contributed by atoms with E-state index in [4.69, 9.17) is 28.9 Å². The summed E-state index contributed by atoms with van der Waals surface area (Å²) in [6, 6.07) is 6.35. The number of amides is 1. The van der Waals surface area contributed by atoms with Crippen LogP contribution in [0, 0.1) is 0 Å². The number of anilines is 2. The third-order valence-corrected chi connectivity index (χ3v) is 3.77. The molecular formula is C12H8BrCl2N3O. The SMILES string of the molecule is Nc1cc(C(=O)Nc2cccnc2Br)cc(Cl)c1Cl. The summed E-state index contributed by atoms with van der Waals surface area (Å²) in [6.45, 7) is 0. The smallest absolute Gasteiger partial charge is 0.255 e. The molecule has 19 heavy (non-hydrogen) atoms. The molecular weight excluding hydrogens is 353 g/mol. The summed E-state index contributed by atoms with van der Waals surface area (Å²) in [5, 5.41) is 3.17. The molecule has 1 amide bonds. The Morgan fingerprint density at radius 2 is 2.11 bits per heavy atom. The van der Waals surface area contributed by atoms with E-state index in [1.165, 1.54) is 12.1 Å². The summed E-state index contributed by atoms with van der Waals surface area (Å²) in [7, 11) is 0. The molecule has 0 spiro atoms. The van der Waals surface area contributed by atoms with Gasteiger partial charge in [-0.1, -0.05) is 23.2 Å². The number of benzene rings is 1. The molecule has 0 bridgehead atoms. The third-order valence-electron chi connectivity index (χ3n) is 2.33. The second-order valence-electron chi connectivity index (χ2n) is 3.66. The number of carbonyl (C=O) groups is 1. The van der Waals surface area contributed by atoms with E-state index >= 15 is 0 Å². The van der Waals surface area contributed by atoms with Crippen molar-refractivity contribution < 1.29 is 4.79 Å². The Balaban J connectivity index is 2.28. The largest absolute Gasteiger partial charge is 0.397 e. The molecule has 0 aliphatic rings. The van der Waals surface area contributed by atoms with E-state index in [0.717, 1.165) is 0 Å². The summed E-state index contributed by atoms with van der Waals surface area (Å²) in [5.74, 6) is -0.348. The zero-order valence-corrected chi connectivity index (χ0v) is 12.6. The van der Waals surface area contributed by atoms with Crippen LogP contribution in [0.4, 0.5) is 11.4 Å². The van der Waals surface area contributed by atoms with Crippen LogP contribution in [0.3, 0.4) is 0 Å². The average Bonchev–Trinajstić information content (AvgIpc) is 2.38. The van der Waals surface area contributed by atoms with Crippen molar-refractivity contribution in [3.05, 3.63) is 50.7 Å². The predicted molar refractivity (Wildman–Crippen MR) is 80.8 cm³/mol. The normalized spacial score (nSPS) is 10.3. The zero-order chi connectivity index (χ0) is 14.0. The van der Waals surface area contributed by atoms with Gasteiger partial charge in [-0.3, -0.25) is 4.79 Å². The fourth-order valence-electron chi connectivity index (χ4n) is 1.42. The van der Waals surface area contributed by atoms with E-state index < -0.39 is 0 Å². The average molecular weight is 361 g/mol. The standard InChI is InChI=1S/C12H8BrCl2N3O/c13-11-9(2-1-3-17-11)18-12(19)6-4-7(14)10(15)8(16)5-6/h1-5H,16H2,(H,18,19). The summed E-state index contributed by atoms with van der Waals surface area (Å²) in [5.41, 5.74) is 6.79. The number of nitrogen functional groups attached to an aromatic ring is 1. The number of carbonyl (C=O) groups excluding carboxylic acids is 1. The number of hydrogen-bond acceptors (Lipinski definition) is 3. The Bertz CT molecular complexity index is 626. The van der Waals surface area contributed by atoms with Crippen LogP contribution in [0.5, 0.6) is 0 Å². The fraction of sp³-hybridized carbons (Fsp3) is 0. The van der Waals surface area contributed by atoms with E-state index in [9.17, 15) is 4.79 Å². The Hall–Kier alpha value is -1.30. The fourth-order valence-corrected chi connectivity index (χ4v) is 2.10.